The number of aromatic nitrogens is 4. The second-order valence-electron chi connectivity index (χ2n) is 5.40. The Hall–Kier alpha value is -2.10. The lowest BCUT2D eigenvalue weighted by Gasteiger charge is -2.07. The van der Waals surface area contributed by atoms with Gasteiger partial charge in [-0.1, -0.05) is 39.3 Å². The maximum absolute atomic E-state index is 12.0. The number of halogens is 2. The van der Waals surface area contributed by atoms with Gasteiger partial charge < -0.3 is 14.6 Å². The minimum Gasteiger partial charge on any atom is -0.486 e. The van der Waals surface area contributed by atoms with Gasteiger partial charge in [-0.2, -0.15) is 0 Å². The Balaban J connectivity index is 1.51. The fraction of sp³-hybridized carbons (Fsp3) is 0.176. The molecule has 140 valence electrons. The standard InChI is InChI=1S/C17H15BrClN5O2S/c1-24-15(9-26-13-5-2-11(18)3-6-13)22-23-17(24)27-10-16(25)21-14-7-4-12(19)8-20-14/h2-8H,9-10H2,1H3,(H,20,21,25). The monoisotopic (exact) mass is 467 g/mol. The highest BCUT2D eigenvalue weighted by Crippen LogP contribution is 2.19. The maximum Gasteiger partial charge on any atom is 0.236 e. The van der Waals surface area contributed by atoms with Crippen LogP contribution in [0.15, 0.2) is 52.2 Å². The van der Waals surface area contributed by atoms with Crippen LogP contribution in [0.4, 0.5) is 5.82 Å². The first kappa shape index (κ1) is 19.7. The van der Waals surface area contributed by atoms with E-state index in [0.717, 1.165) is 10.2 Å². The van der Waals surface area contributed by atoms with Crippen LogP contribution in [-0.4, -0.2) is 31.4 Å². The first-order valence-electron chi connectivity index (χ1n) is 7.82. The molecule has 0 saturated heterocycles. The minimum absolute atomic E-state index is 0.184. The molecular weight excluding hydrogens is 454 g/mol. The molecule has 0 aliphatic carbocycles. The van der Waals surface area contributed by atoms with Crippen molar-refractivity contribution < 1.29 is 9.53 Å². The van der Waals surface area contributed by atoms with Gasteiger partial charge in [0.25, 0.3) is 0 Å². The third-order valence-corrected chi connectivity index (χ3v) is 5.21. The SMILES string of the molecule is Cn1c(COc2ccc(Br)cc2)nnc1SCC(=O)Nc1ccc(Cl)cn1. The summed E-state index contributed by atoms with van der Waals surface area (Å²) >= 11 is 10.4. The van der Waals surface area contributed by atoms with E-state index in [0.29, 0.717) is 21.8 Å². The van der Waals surface area contributed by atoms with Gasteiger partial charge in [0.05, 0.1) is 10.8 Å². The van der Waals surface area contributed by atoms with Crippen LogP contribution in [0.3, 0.4) is 0 Å². The maximum atomic E-state index is 12.0. The molecule has 27 heavy (non-hydrogen) atoms. The van der Waals surface area contributed by atoms with Crippen molar-refractivity contribution in [3.05, 3.63) is 57.9 Å². The van der Waals surface area contributed by atoms with Gasteiger partial charge in [0.2, 0.25) is 5.91 Å². The predicted octanol–water partition coefficient (Wildman–Crippen LogP) is 3.94. The molecule has 3 rings (SSSR count). The van der Waals surface area contributed by atoms with Crippen LogP contribution in [0.1, 0.15) is 5.82 Å². The second-order valence-corrected chi connectivity index (χ2v) is 7.69. The Morgan fingerprint density at radius 3 is 2.74 bits per heavy atom. The Bertz CT molecular complexity index is 918. The van der Waals surface area contributed by atoms with Crippen molar-refractivity contribution in [1.82, 2.24) is 19.7 Å². The molecule has 0 bridgehead atoms. The highest BCUT2D eigenvalue weighted by Gasteiger charge is 2.12. The largest absolute Gasteiger partial charge is 0.486 e. The van der Waals surface area contributed by atoms with E-state index in [4.69, 9.17) is 16.3 Å². The summed E-state index contributed by atoms with van der Waals surface area (Å²) in [5.41, 5.74) is 0. The number of pyridine rings is 1. The molecule has 2 heterocycles. The van der Waals surface area contributed by atoms with Crippen LogP contribution >= 0.6 is 39.3 Å². The molecule has 0 fully saturated rings. The number of hydrogen-bond donors (Lipinski definition) is 1. The summed E-state index contributed by atoms with van der Waals surface area (Å²) in [6, 6.07) is 10.8. The van der Waals surface area contributed by atoms with Gasteiger partial charge >= 0.3 is 0 Å². The first-order valence-corrected chi connectivity index (χ1v) is 9.98. The van der Waals surface area contributed by atoms with E-state index in [9.17, 15) is 4.79 Å². The molecule has 0 unspecified atom stereocenters. The summed E-state index contributed by atoms with van der Waals surface area (Å²) in [5, 5.41) is 12.1. The average Bonchev–Trinajstić information content (AvgIpc) is 3.01. The fourth-order valence-corrected chi connectivity index (χ4v) is 3.14. The number of nitrogens with one attached hydrogen (secondary N) is 1. The number of benzene rings is 1. The predicted molar refractivity (Wildman–Crippen MR) is 108 cm³/mol. The molecule has 0 saturated carbocycles. The summed E-state index contributed by atoms with van der Waals surface area (Å²) in [7, 11) is 1.83. The molecule has 10 heteroatoms. The van der Waals surface area contributed by atoms with E-state index in [1.54, 1.807) is 16.7 Å². The molecule has 0 aliphatic heterocycles. The summed E-state index contributed by atoms with van der Waals surface area (Å²) in [5.74, 6) is 1.85. The van der Waals surface area contributed by atoms with Crippen LogP contribution in [0.2, 0.25) is 5.02 Å². The average molecular weight is 469 g/mol. The number of anilines is 1. The normalized spacial score (nSPS) is 10.6. The topological polar surface area (TPSA) is 81.9 Å². The van der Waals surface area contributed by atoms with E-state index in [1.165, 1.54) is 18.0 Å². The lowest BCUT2D eigenvalue weighted by molar-refractivity contribution is -0.113. The number of hydrogen-bond acceptors (Lipinski definition) is 6. The molecule has 1 aromatic carbocycles. The molecule has 0 aliphatic rings. The molecule has 3 aromatic rings. The zero-order valence-corrected chi connectivity index (χ0v) is 17.4. The van der Waals surface area contributed by atoms with Crippen molar-refractivity contribution in [1.29, 1.82) is 0 Å². The third-order valence-electron chi connectivity index (χ3n) is 3.43. The Labute approximate surface area is 173 Å². The second kappa shape index (κ2) is 9.20. The third kappa shape index (κ3) is 5.69. The van der Waals surface area contributed by atoms with Crippen molar-refractivity contribution in [2.75, 3.05) is 11.1 Å². The molecule has 0 spiro atoms. The van der Waals surface area contributed by atoms with Crippen molar-refractivity contribution in [2.45, 2.75) is 11.8 Å². The van der Waals surface area contributed by atoms with Gasteiger partial charge in [0, 0.05) is 17.7 Å². The molecule has 1 amide bonds. The first-order chi connectivity index (χ1) is 13.0. The van der Waals surface area contributed by atoms with E-state index in [1.807, 2.05) is 31.3 Å². The van der Waals surface area contributed by atoms with E-state index < -0.39 is 0 Å². The van der Waals surface area contributed by atoms with Crippen LogP contribution < -0.4 is 10.1 Å². The number of amides is 1. The quantitative estimate of drug-likeness (QED) is 0.529. The summed E-state index contributed by atoms with van der Waals surface area (Å²) in [4.78, 5) is 16.1. The van der Waals surface area contributed by atoms with Gasteiger partial charge in [-0.3, -0.25) is 4.79 Å². The number of carbonyl (C=O) groups is 1. The fourth-order valence-electron chi connectivity index (χ4n) is 2.03. The zero-order valence-electron chi connectivity index (χ0n) is 14.2. The minimum atomic E-state index is -0.189. The highest BCUT2D eigenvalue weighted by molar-refractivity contribution is 9.10. The van der Waals surface area contributed by atoms with E-state index >= 15 is 0 Å². The van der Waals surface area contributed by atoms with E-state index in [-0.39, 0.29) is 18.3 Å². The molecule has 2 aromatic heterocycles. The lowest BCUT2D eigenvalue weighted by Crippen LogP contribution is -2.15. The number of nitrogens with zero attached hydrogens (tertiary/aromatic N) is 4. The smallest absolute Gasteiger partial charge is 0.236 e. The molecule has 1 N–H and O–H groups in total. The number of rotatable bonds is 7. The Morgan fingerprint density at radius 2 is 2.04 bits per heavy atom. The van der Waals surface area contributed by atoms with Crippen molar-refractivity contribution in [3.8, 4) is 5.75 Å². The van der Waals surface area contributed by atoms with Crippen molar-refractivity contribution in [2.24, 2.45) is 7.05 Å². The van der Waals surface area contributed by atoms with E-state index in [2.05, 4.69) is 36.4 Å². The van der Waals surface area contributed by atoms with Crippen molar-refractivity contribution >= 4 is 51.0 Å². The lowest BCUT2D eigenvalue weighted by atomic mass is 10.3. The van der Waals surface area contributed by atoms with Crippen LogP contribution in [0.25, 0.3) is 0 Å². The number of thioether (sulfide) groups is 1. The molecule has 0 radical (unpaired) electrons. The molecular formula is C17H15BrClN5O2S. The highest BCUT2D eigenvalue weighted by atomic mass is 79.9. The zero-order chi connectivity index (χ0) is 19.2. The van der Waals surface area contributed by atoms with Crippen LogP contribution in [0.5, 0.6) is 5.75 Å². The number of carbonyl (C=O) groups excluding carboxylic acids is 1. The van der Waals surface area contributed by atoms with Gasteiger partial charge in [-0.15, -0.1) is 10.2 Å². The Morgan fingerprint density at radius 1 is 1.26 bits per heavy atom. The molecule has 0 atom stereocenters. The summed E-state index contributed by atoms with van der Waals surface area (Å²) in [6.45, 7) is 0.284. The Kier molecular flexibility index (Phi) is 6.70. The molecule has 7 nitrogen and oxygen atoms in total. The van der Waals surface area contributed by atoms with Gasteiger partial charge in [-0.05, 0) is 36.4 Å². The summed E-state index contributed by atoms with van der Waals surface area (Å²) in [6.07, 6.45) is 1.48. The number of ether oxygens (including phenoxy) is 1. The van der Waals surface area contributed by atoms with Crippen molar-refractivity contribution in [3.63, 3.8) is 0 Å². The van der Waals surface area contributed by atoms with Crippen LogP contribution in [0, 0.1) is 0 Å². The van der Waals surface area contributed by atoms with Gasteiger partial charge in [-0.25, -0.2) is 4.98 Å². The van der Waals surface area contributed by atoms with Crippen LogP contribution in [-0.2, 0) is 18.4 Å². The summed E-state index contributed by atoms with van der Waals surface area (Å²) < 4.78 is 8.49. The van der Waals surface area contributed by atoms with Gasteiger partial charge in [0.1, 0.15) is 18.2 Å². The van der Waals surface area contributed by atoms with Gasteiger partial charge in [0.15, 0.2) is 11.0 Å².